The van der Waals surface area contributed by atoms with Crippen molar-refractivity contribution in [3.8, 4) is 5.69 Å². The summed E-state index contributed by atoms with van der Waals surface area (Å²) >= 11 is 0. The number of hydrogen-bond acceptors (Lipinski definition) is 5. The highest BCUT2D eigenvalue weighted by atomic mass is 16.5. The van der Waals surface area contributed by atoms with E-state index in [1.54, 1.807) is 15.7 Å². The molecule has 4 aromatic rings. The summed E-state index contributed by atoms with van der Waals surface area (Å²) in [6.07, 6.45) is 5.02. The van der Waals surface area contributed by atoms with Crippen molar-refractivity contribution in [2.24, 2.45) is 0 Å². The third-order valence-electron chi connectivity index (χ3n) is 4.33. The van der Waals surface area contributed by atoms with E-state index in [0.717, 1.165) is 28.4 Å². The van der Waals surface area contributed by atoms with Crippen LogP contribution in [0.4, 0.5) is 0 Å². The molecule has 140 valence electrons. The van der Waals surface area contributed by atoms with Gasteiger partial charge in [-0.15, -0.1) is 5.10 Å². The van der Waals surface area contributed by atoms with E-state index in [-0.39, 0.29) is 0 Å². The van der Waals surface area contributed by atoms with Crippen LogP contribution in [0.1, 0.15) is 23.7 Å². The lowest BCUT2D eigenvalue weighted by Gasteiger charge is -2.13. The van der Waals surface area contributed by atoms with Crippen LogP contribution in [0.15, 0.2) is 73.4 Å². The highest BCUT2D eigenvalue weighted by Gasteiger charge is 2.12. The number of nitrogens with zero attached hydrogens (tertiary/aromatic N) is 6. The van der Waals surface area contributed by atoms with Gasteiger partial charge in [-0.2, -0.15) is 5.10 Å². The van der Waals surface area contributed by atoms with E-state index in [9.17, 15) is 0 Å². The lowest BCUT2D eigenvalue weighted by atomic mass is 10.1. The third kappa shape index (κ3) is 3.83. The molecule has 0 saturated carbocycles. The molecular formula is C21H20N6O. The highest BCUT2D eigenvalue weighted by molar-refractivity contribution is 5.77. The second kappa shape index (κ2) is 7.87. The molecule has 2 aromatic heterocycles. The maximum absolute atomic E-state index is 6.14. The SMILES string of the molecule is C/C(=C(/OCc1cn(-c2ccc(C)cc2)nn1)c1ccccc1)n1cncn1. The Hall–Kier alpha value is -3.74. The Balaban J connectivity index is 1.57. The average Bonchev–Trinajstić information content (AvgIpc) is 3.42. The van der Waals surface area contributed by atoms with Gasteiger partial charge in [0.15, 0.2) is 0 Å². The van der Waals surface area contributed by atoms with Crippen LogP contribution in [0, 0.1) is 6.92 Å². The first-order chi connectivity index (χ1) is 13.7. The van der Waals surface area contributed by atoms with Crippen LogP contribution >= 0.6 is 0 Å². The van der Waals surface area contributed by atoms with Crippen molar-refractivity contribution >= 4 is 11.5 Å². The van der Waals surface area contributed by atoms with Gasteiger partial charge in [-0.1, -0.05) is 53.2 Å². The summed E-state index contributed by atoms with van der Waals surface area (Å²) in [5.41, 5.74) is 4.70. The molecule has 0 unspecified atom stereocenters. The maximum atomic E-state index is 6.14. The predicted molar refractivity (Wildman–Crippen MR) is 106 cm³/mol. The van der Waals surface area contributed by atoms with Gasteiger partial charge in [0, 0.05) is 5.56 Å². The van der Waals surface area contributed by atoms with E-state index < -0.39 is 0 Å². The summed E-state index contributed by atoms with van der Waals surface area (Å²) < 4.78 is 9.57. The summed E-state index contributed by atoms with van der Waals surface area (Å²) in [5.74, 6) is 0.719. The summed E-state index contributed by atoms with van der Waals surface area (Å²) in [7, 11) is 0. The Morgan fingerprint density at radius 2 is 1.82 bits per heavy atom. The van der Waals surface area contributed by atoms with Crippen molar-refractivity contribution in [3.05, 3.63) is 90.3 Å². The lowest BCUT2D eigenvalue weighted by Crippen LogP contribution is -2.02. The van der Waals surface area contributed by atoms with Crippen LogP contribution in [0.25, 0.3) is 17.1 Å². The smallest absolute Gasteiger partial charge is 0.148 e. The van der Waals surface area contributed by atoms with Gasteiger partial charge in [0.2, 0.25) is 0 Å². The molecule has 4 rings (SSSR count). The Labute approximate surface area is 162 Å². The van der Waals surface area contributed by atoms with Crippen molar-refractivity contribution < 1.29 is 4.74 Å². The molecule has 2 aromatic carbocycles. The predicted octanol–water partition coefficient (Wildman–Crippen LogP) is 3.73. The van der Waals surface area contributed by atoms with Crippen LogP contribution in [-0.2, 0) is 11.3 Å². The van der Waals surface area contributed by atoms with E-state index in [0.29, 0.717) is 6.61 Å². The zero-order valence-electron chi connectivity index (χ0n) is 15.7. The summed E-state index contributed by atoms with van der Waals surface area (Å²) in [4.78, 5) is 4.02. The van der Waals surface area contributed by atoms with E-state index in [4.69, 9.17) is 4.74 Å². The number of hydrogen-bond donors (Lipinski definition) is 0. The minimum atomic E-state index is 0.294. The number of aromatic nitrogens is 6. The molecule has 7 heteroatoms. The van der Waals surface area contributed by atoms with Crippen LogP contribution in [0.2, 0.25) is 0 Å². The van der Waals surface area contributed by atoms with Crippen molar-refractivity contribution in [2.75, 3.05) is 0 Å². The molecule has 0 atom stereocenters. The van der Waals surface area contributed by atoms with Crippen molar-refractivity contribution in [1.29, 1.82) is 0 Å². The van der Waals surface area contributed by atoms with Crippen LogP contribution in [0.3, 0.4) is 0 Å². The van der Waals surface area contributed by atoms with Crippen molar-refractivity contribution in [3.63, 3.8) is 0 Å². The van der Waals surface area contributed by atoms with E-state index in [1.807, 2.05) is 67.7 Å². The zero-order chi connectivity index (χ0) is 19.3. The molecule has 0 N–H and O–H groups in total. The van der Waals surface area contributed by atoms with E-state index in [1.165, 1.54) is 11.9 Å². The molecule has 0 saturated heterocycles. The standard InChI is InChI=1S/C21H20N6O/c1-16-8-10-20(11-9-16)26-12-19(24-25-26)13-28-21(18-6-4-3-5-7-18)17(2)27-15-22-14-23-27/h3-12,14-15H,13H2,1-2H3/b21-17-. The fraction of sp³-hybridized carbons (Fsp3) is 0.143. The topological polar surface area (TPSA) is 70.7 Å². The number of rotatable bonds is 6. The number of ether oxygens (including phenoxy) is 1. The molecule has 0 radical (unpaired) electrons. The zero-order valence-corrected chi connectivity index (χ0v) is 15.7. The first kappa shape index (κ1) is 17.7. The number of allylic oxidation sites excluding steroid dienone is 1. The molecule has 0 aliphatic carbocycles. The van der Waals surface area contributed by atoms with E-state index >= 15 is 0 Å². The van der Waals surface area contributed by atoms with Crippen LogP contribution < -0.4 is 0 Å². The maximum Gasteiger partial charge on any atom is 0.148 e. The second-order valence-electron chi connectivity index (χ2n) is 6.40. The molecule has 0 spiro atoms. The van der Waals surface area contributed by atoms with Crippen LogP contribution in [0.5, 0.6) is 0 Å². The first-order valence-corrected chi connectivity index (χ1v) is 8.93. The molecular weight excluding hydrogens is 352 g/mol. The van der Waals surface area contributed by atoms with Crippen molar-refractivity contribution in [1.82, 2.24) is 29.8 Å². The third-order valence-corrected chi connectivity index (χ3v) is 4.33. The number of aryl methyl sites for hydroxylation is 1. The lowest BCUT2D eigenvalue weighted by molar-refractivity contribution is 0.259. The second-order valence-corrected chi connectivity index (χ2v) is 6.40. The van der Waals surface area contributed by atoms with Gasteiger partial charge in [0.1, 0.15) is 30.7 Å². The average molecular weight is 372 g/mol. The Bertz CT molecular complexity index is 1070. The van der Waals surface area contributed by atoms with Gasteiger partial charge in [-0.25, -0.2) is 14.3 Å². The largest absolute Gasteiger partial charge is 0.485 e. The summed E-state index contributed by atoms with van der Waals surface area (Å²) in [5, 5.41) is 12.6. The van der Waals surface area contributed by atoms with Gasteiger partial charge in [-0.05, 0) is 26.0 Å². The van der Waals surface area contributed by atoms with Gasteiger partial charge < -0.3 is 4.74 Å². The fourth-order valence-corrected chi connectivity index (χ4v) is 2.81. The number of benzene rings is 2. The normalized spacial score (nSPS) is 11.9. The molecule has 7 nitrogen and oxygen atoms in total. The fourth-order valence-electron chi connectivity index (χ4n) is 2.81. The summed E-state index contributed by atoms with van der Waals surface area (Å²) in [6, 6.07) is 18.0. The Kier molecular flexibility index (Phi) is 4.97. The molecule has 0 bridgehead atoms. The van der Waals surface area contributed by atoms with Gasteiger partial charge >= 0.3 is 0 Å². The molecule has 0 aliphatic rings. The summed E-state index contributed by atoms with van der Waals surface area (Å²) in [6.45, 7) is 4.29. The van der Waals surface area contributed by atoms with Crippen molar-refractivity contribution in [2.45, 2.75) is 20.5 Å². The van der Waals surface area contributed by atoms with Gasteiger partial charge in [0.25, 0.3) is 0 Å². The van der Waals surface area contributed by atoms with Crippen LogP contribution in [-0.4, -0.2) is 29.8 Å². The minimum Gasteiger partial charge on any atom is -0.485 e. The molecule has 28 heavy (non-hydrogen) atoms. The quantitative estimate of drug-likeness (QED) is 0.482. The molecule has 2 heterocycles. The monoisotopic (exact) mass is 372 g/mol. The first-order valence-electron chi connectivity index (χ1n) is 8.93. The Morgan fingerprint density at radius 3 is 2.54 bits per heavy atom. The molecule has 0 amide bonds. The molecule has 0 aliphatic heterocycles. The minimum absolute atomic E-state index is 0.294. The highest BCUT2D eigenvalue weighted by Crippen LogP contribution is 2.23. The van der Waals surface area contributed by atoms with Gasteiger partial charge in [-0.3, -0.25) is 0 Å². The Morgan fingerprint density at radius 1 is 1.04 bits per heavy atom. The van der Waals surface area contributed by atoms with Gasteiger partial charge in [0.05, 0.1) is 17.6 Å². The molecule has 0 fully saturated rings. The van der Waals surface area contributed by atoms with E-state index in [2.05, 4.69) is 27.3 Å².